The molecule has 5 heterocycles. The molecule has 11 nitrogen and oxygen atoms in total. The monoisotopic (exact) mass is 503 g/mol. The van der Waals surface area contributed by atoms with Crippen LogP contribution in [0.3, 0.4) is 0 Å². The minimum absolute atomic E-state index is 0.223. The number of fused-ring (bicyclic) bond motifs is 2. The van der Waals surface area contributed by atoms with E-state index in [4.69, 9.17) is 4.98 Å². The highest BCUT2D eigenvalue weighted by molar-refractivity contribution is 6.01. The number of aliphatic hydroxyl groups excluding tert-OH is 1. The van der Waals surface area contributed by atoms with Gasteiger partial charge in [-0.15, -0.1) is 0 Å². The van der Waals surface area contributed by atoms with Gasteiger partial charge in [-0.2, -0.15) is 9.61 Å². The van der Waals surface area contributed by atoms with Crippen LogP contribution in [0.2, 0.25) is 0 Å². The normalized spacial score (nSPS) is 20.8. The van der Waals surface area contributed by atoms with Crippen LogP contribution < -0.4 is 10.6 Å². The number of piperazine rings is 1. The number of rotatable bonds is 7. The Morgan fingerprint density at radius 2 is 2.00 bits per heavy atom. The van der Waals surface area contributed by atoms with E-state index in [-0.39, 0.29) is 11.9 Å². The van der Waals surface area contributed by atoms with E-state index in [1.54, 1.807) is 4.52 Å². The topological polar surface area (TPSA) is 116 Å². The average molecular weight is 504 g/mol. The number of aromatic nitrogens is 5. The zero-order valence-electron chi connectivity index (χ0n) is 21.3. The van der Waals surface area contributed by atoms with Gasteiger partial charge in [-0.05, 0) is 32.0 Å². The molecule has 37 heavy (non-hydrogen) atoms. The van der Waals surface area contributed by atoms with Crippen LogP contribution in [0.25, 0.3) is 27.9 Å². The first-order valence-corrected chi connectivity index (χ1v) is 12.9. The van der Waals surface area contributed by atoms with E-state index in [2.05, 4.69) is 54.4 Å². The van der Waals surface area contributed by atoms with Gasteiger partial charge < -0.3 is 25.2 Å². The molecule has 1 amide bonds. The molecule has 4 aromatic heterocycles. The van der Waals surface area contributed by atoms with Crippen LogP contribution in [0.15, 0.2) is 36.8 Å². The maximum atomic E-state index is 13.0. The third kappa shape index (κ3) is 4.43. The van der Waals surface area contributed by atoms with Gasteiger partial charge in [0.05, 0.1) is 24.0 Å². The lowest BCUT2D eigenvalue weighted by molar-refractivity contribution is 0.0448. The molecule has 1 aliphatic carbocycles. The summed E-state index contributed by atoms with van der Waals surface area (Å²) in [6.45, 7) is 6.12. The summed E-state index contributed by atoms with van der Waals surface area (Å²) >= 11 is 0. The summed E-state index contributed by atoms with van der Waals surface area (Å²) in [6, 6.07) is 5.73. The predicted octanol–water partition coefficient (Wildman–Crippen LogP) is 1.29. The Morgan fingerprint density at radius 3 is 2.73 bits per heavy atom. The van der Waals surface area contributed by atoms with Crippen molar-refractivity contribution in [1.29, 1.82) is 0 Å². The first-order valence-electron chi connectivity index (χ1n) is 12.9. The Bertz CT molecular complexity index is 1440. The van der Waals surface area contributed by atoms with Gasteiger partial charge in [-0.3, -0.25) is 9.69 Å². The predicted molar refractivity (Wildman–Crippen MR) is 142 cm³/mol. The maximum Gasteiger partial charge on any atom is 0.257 e. The third-order valence-electron chi connectivity index (χ3n) is 7.69. The second-order valence-electron chi connectivity index (χ2n) is 10.1. The van der Waals surface area contributed by atoms with E-state index < -0.39 is 6.10 Å². The number of amides is 1. The van der Waals surface area contributed by atoms with Crippen LogP contribution in [0.4, 0.5) is 5.82 Å². The number of pyridine rings is 1. The number of likely N-dealkylation sites (N-methyl/N-ethyl adjacent to an activating group) is 1. The SMILES string of the molecule is CNc1cc(-c2cn(CCN3CCN(C)CC3)c3ncccc23)nc2c(C(=O)NC3CC[C@@H]3O)cnn12. The Kier molecular flexibility index (Phi) is 6.27. The van der Waals surface area contributed by atoms with Crippen molar-refractivity contribution in [2.24, 2.45) is 0 Å². The first-order chi connectivity index (χ1) is 18.0. The zero-order valence-corrected chi connectivity index (χ0v) is 21.3. The molecule has 2 fully saturated rings. The summed E-state index contributed by atoms with van der Waals surface area (Å²) in [5.41, 5.74) is 3.48. The summed E-state index contributed by atoms with van der Waals surface area (Å²) in [4.78, 5) is 27.5. The number of carbonyl (C=O) groups excluding carboxylic acids is 1. The van der Waals surface area contributed by atoms with Crippen molar-refractivity contribution in [3.8, 4) is 11.3 Å². The van der Waals surface area contributed by atoms with E-state index in [1.165, 1.54) is 6.20 Å². The minimum Gasteiger partial charge on any atom is -0.391 e. The number of carbonyl (C=O) groups is 1. The zero-order chi connectivity index (χ0) is 25.5. The van der Waals surface area contributed by atoms with Gasteiger partial charge in [-0.25, -0.2) is 9.97 Å². The molecule has 4 aromatic rings. The smallest absolute Gasteiger partial charge is 0.257 e. The van der Waals surface area contributed by atoms with E-state index in [0.717, 1.165) is 73.8 Å². The second kappa shape index (κ2) is 9.73. The van der Waals surface area contributed by atoms with Crippen LogP contribution in [-0.2, 0) is 6.54 Å². The van der Waals surface area contributed by atoms with Gasteiger partial charge >= 0.3 is 0 Å². The minimum atomic E-state index is -0.494. The highest BCUT2D eigenvalue weighted by atomic mass is 16.3. The van der Waals surface area contributed by atoms with E-state index in [1.807, 2.05) is 25.4 Å². The molecular formula is C26H33N9O2. The number of hydrogen-bond donors (Lipinski definition) is 3. The van der Waals surface area contributed by atoms with Crippen molar-refractivity contribution in [2.75, 3.05) is 52.1 Å². The largest absolute Gasteiger partial charge is 0.391 e. The fraction of sp³-hybridized carbons (Fsp3) is 0.462. The lowest BCUT2D eigenvalue weighted by atomic mass is 9.89. The lowest BCUT2D eigenvalue weighted by Gasteiger charge is -2.32. The van der Waals surface area contributed by atoms with Crippen LogP contribution in [-0.4, -0.2) is 104 Å². The third-order valence-corrected chi connectivity index (χ3v) is 7.69. The molecule has 1 aliphatic heterocycles. The molecule has 1 saturated heterocycles. The van der Waals surface area contributed by atoms with Gasteiger partial charge in [0, 0.05) is 75.7 Å². The van der Waals surface area contributed by atoms with Crippen molar-refractivity contribution in [3.05, 3.63) is 42.4 Å². The van der Waals surface area contributed by atoms with E-state index in [0.29, 0.717) is 17.6 Å². The van der Waals surface area contributed by atoms with E-state index >= 15 is 0 Å². The van der Waals surface area contributed by atoms with Gasteiger partial charge in [-0.1, -0.05) is 0 Å². The number of nitrogens with one attached hydrogen (secondary N) is 2. The van der Waals surface area contributed by atoms with Crippen molar-refractivity contribution < 1.29 is 9.90 Å². The summed E-state index contributed by atoms with van der Waals surface area (Å²) in [7, 11) is 3.99. The molecule has 1 saturated carbocycles. The summed E-state index contributed by atoms with van der Waals surface area (Å²) in [5.74, 6) is 0.451. The molecule has 2 aliphatic rings. The molecule has 1 unspecified atom stereocenters. The first kappa shape index (κ1) is 23.8. The number of nitrogens with zero attached hydrogens (tertiary/aromatic N) is 7. The van der Waals surface area contributed by atoms with Crippen LogP contribution in [0.5, 0.6) is 0 Å². The molecule has 3 N–H and O–H groups in total. The van der Waals surface area contributed by atoms with Gasteiger partial charge in [0.15, 0.2) is 5.65 Å². The van der Waals surface area contributed by atoms with Crippen molar-refractivity contribution in [2.45, 2.75) is 31.5 Å². The molecule has 6 rings (SSSR count). The summed E-state index contributed by atoms with van der Waals surface area (Å²) in [5, 5.41) is 21.4. The summed E-state index contributed by atoms with van der Waals surface area (Å²) < 4.78 is 3.84. The van der Waals surface area contributed by atoms with Crippen LogP contribution in [0.1, 0.15) is 23.2 Å². The average Bonchev–Trinajstić information content (AvgIpc) is 3.52. The maximum absolute atomic E-state index is 13.0. The Hall–Kier alpha value is -3.54. The molecule has 0 aromatic carbocycles. The fourth-order valence-corrected chi connectivity index (χ4v) is 5.15. The Morgan fingerprint density at radius 1 is 1.16 bits per heavy atom. The number of anilines is 1. The van der Waals surface area contributed by atoms with Crippen molar-refractivity contribution in [1.82, 2.24) is 39.3 Å². The standard InChI is InChI=1S/C26H33N9O2/c1-27-23-14-21(30-25-18(15-29-35(23)25)26(37)31-20-5-6-22(20)36)19-16-34(24-17(19)4-3-7-28-24)13-12-33-10-8-32(2)9-11-33/h3-4,7,14-16,20,22,27,36H,5-6,8-13H2,1-2H3,(H,31,37)/t20?,22-/m0/s1. The number of aliphatic hydroxyl groups is 1. The fourth-order valence-electron chi connectivity index (χ4n) is 5.15. The van der Waals surface area contributed by atoms with Crippen molar-refractivity contribution >= 4 is 28.4 Å². The van der Waals surface area contributed by atoms with Crippen LogP contribution in [0, 0.1) is 0 Å². The highest BCUT2D eigenvalue weighted by Crippen LogP contribution is 2.31. The molecular weight excluding hydrogens is 470 g/mol. The molecule has 194 valence electrons. The van der Waals surface area contributed by atoms with Gasteiger partial charge in [0.1, 0.15) is 17.0 Å². The van der Waals surface area contributed by atoms with Gasteiger partial charge in [0.25, 0.3) is 5.91 Å². The quantitative estimate of drug-likeness (QED) is 0.346. The lowest BCUT2D eigenvalue weighted by Crippen LogP contribution is -2.50. The summed E-state index contributed by atoms with van der Waals surface area (Å²) in [6.07, 6.45) is 6.46. The van der Waals surface area contributed by atoms with E-state index in [9.17, 15) is 9.90 Å². The second-order valence-corrected chi connectivity index (χ2v) is 10.1. The number of hydrogen-bond acceptors (Lipinski definition) is 8. The molecule has 0 spiro atoms. The highest BCUT2D eigenvalue weighted by Gasteiger charge is 2.31. The molecule has 2 atom stereocenters. The van der Waals surface area contributed by atoms with Crippen molar-refractivity contribution in [3.63, 3.8) is 0 Å². The Labute approximate surface area is 215 Å². The van der Waals surface area contributed by atoms with Gasteiger partial charge in [0.2, 0.25) is 0 Å². The molecule has 11 heteroatoms. The Balaban J connectivity index is 1.35. The molecule has 0 bridgehead atoms. The molecule has 0 radical (unpaired) electrons. The van der Waals surface area contributed by atoms with Crippen LogP contribution >= 0.6 is 0 Å².